The van der Waals surface area contributed by atoms with E-state index in [9.17, 15) is 0 Å². The summed E-state index contributed by atoms with van der Waals surface area (Å²) < 4.78 is 0. The summed E-state index contributed by atoms with van der Waals surface area (Å²) in [5.41, 5.74) is 7.80. The summed E-state index contributed by atoms with van der Waals surface area (Å²) in [6, 6.07) is 5.64. The van der Waals surface area contributed by atoms with Gasteiger partial charge in [0.2, 0.25) is 0 Å². The zero-order chi connectivity index (χ0) is 13.0. The fourth-order valence-electron chi connectivity index (χ4n) is 2.51. The quantitative estimate of drug-likeness (QED) is 0.833. The number of nitrogens with two attached hydrogens (primary N) is 1. The van der Waals surface area contributed by atoms with Crippen molar-refractivity contribution in [2.45, 2.75) is 19.3 Å². The maximum atomic E-state index is 6.01. The Labute approximate surface area is 115 Å². The molecule has 0 radical (unpaired) electrons. The molecule has 100 valence electrons. The van der Waals surface area contributed by atoms with Crippen LogP contribution < -0.4 is 10.6 Å². The molecular formula is C14H22ClN3. The molecule has 0 atom stereocenters. The number of rotatable bonds is 5. The molecule has 1 saturated heterocycles. The highest BCUT2D eigenvalue weighted by Gasteiger charge is 2.11. The zero-order valence-corrected chi connectivity index (χ0v) is 11.8. The van der Waals surface area contributed by atoms with E-state index < -0.39 is 0 Å². The van der Waals surface area contributed by atoms with Crippen LogP contribution in [0.3, 0.4) is 0 Å². The second kappa shape index (κ2) is 6.30. The van der Waals surface area contributed by atoms with Crippen molar-refractivity contribution in [2.75, 3.05) is 43.9 Å². The van der Waals surface area contributed by atoms with Crippen LogP contribution in [0.2, 0.25) is 5.02 Å². The molecule has 0 unspecified atom stereocenters. The number of likely N-dealkylation sites (tertiary alicyclic amines) is 1. The van der Waals surface area contributed by atoms with Gasteiger partial charge in [-0.3, -0.25) is 0 Å². The SMILES string of the molecule is CN(CCCN1CCCC1)c1cc(Cl)ccc1N. The van der Waals surface area contributed by atoms with Gasteiger partial charge in [-0.05, 0) is 57.1 Å². The van der Waals surface area contributed by atoms with E-state index in [4.69, 9.17) is 17.3 Å². The highest BCUT2D eigenvalue weighted by Crippen LogP contribution is 2.26. The first-order valence-corrected chi connectivity index (χ1v) is 7.03. The summed E-state index contributed by atoms with van der Waals surface area (Å²) in [5.74, 6) is 0. The maximum Gasteiger partial charge on any atom is 0.0612 e. The summed E-state index contributed by atoms with van der Waals surface area (Å²) in [5, 5.41) is 0.741. The number of nitrogens with zero attached hydrogens (tertiary/aromatic N) is 2. The van der Waals surface area contributed by atoms with E-state index in [1.54, 1.807) is 0 Å². The Morgan fingerprint density at radius 1 is 1.33 bits per heavy atom. The zero-order valence-electron chi connectivity index (χ0n) is 11.0. The van der Waals surface area contributed by atoms with E-state index in [0.717, 1.165) is 22.9 Å². The van der Waals surface area contributed by atoms with E-state index in [-0.39, 0.29) is 0 Å². The molecule has 3 nitrogen and oxygen atoms in total. The third kappa shape index (κ3) is 3.53. The smallest absolute Gasteiger partial charge is 0.0612 e. The molecule has 2 N–H and O–H groups in total. The largest absolute Gasteiger partial charge is 0.397 e. The van der Waals surface area contributed by atoms with Gasteiger partial charge < -0.3 is 15.5 Å². The number of benzene rings is 1. The van der Waals surface area contributed by atoms with Gasteiger partial charge in [0.25, 0.3) is 0 Å². The highest BCUT2D eigenvalue weighted by atomic mass is 35.5. The number of hydrogen-bond acceptors (Lipinski definition) is 3. The fraction of sp³-hybridized carbons (Fsp3) is 0.571. The van der Waals surface area contributed by atoms with Crippen molar-refractivity contribution in [1.29, 1.82) is 0 Å². The van der Waals surface area contributed by atoms with Crippen molar-refractivity contribution in [3.05, 3.63) is 23.2 Å². The Hall–Kier alpha value is -0.930. The molecule has 1 aliphatic rings. The molecule has 2 rings (SSSR count). The lowest BCUT2D eigenvalue weighted by Crippen LogP contribution is -2.26. The minimum absolute atomic E-state index is 0.741. The van der Waals surface area contributed by atoms with E-state index >= 15 is 0 Å². The van der Waals surface area contributed by atoms with E-state index in [2.05, 4.69) is 16.8 Å². The van der Waals surface area contributed by atoms with Crippen LogP contribution in [0.5, 0.6) is 0 Å². The minimum Gasteiger partial charge on any atom is -0.397 e. The van der Waals surface area contributed by atoms with Gasteiger partial charge in [-0.25, -0.2) is 0 Å². The summed E-state index contributed by atoms with van der Waals surface area (Å²) in [6.45, 7) is 4.73. The number of hydrogen-bond donors (Lipinski definition) is 1. The molecule has 18 heavy (non-hydrogen) atoms. The van der Waals surface area contributed by atoms with E-state index in [0.29, 0.717) is 0 Å². The predicted octanol–water partition coefficient (Wildman–Crippen LogP) is 2.84. The predicted molar refractivity (Wildman–Crippen MR) is 79.4 cm³/mol. The van der Waals surface area contributed by atoms with Crippen LogP contribution in [0, 0.1) is 0 Å². The van der Waals surface area contributed by atoms with Gasteiger partial charge in [0, 0.05) is 18.6 Å². The molecule has 0 saturated carbocycles. The van der Waals surface area contributed by atoms with Crippen molar-refractivity contribution in [3.63, 3.8) is 0 Å². The lowest BCUT2D eigenvalue weighted by Gasteiger charge is -2.23. The second-order valence-electron chi connectivity index (χ2n) is 5.03. The number of anilines is 2. The Kier molecular flexibility index (Phi) is 4.72. The van der Waals surface area contributed by atoms with Crippen LogP contribution in [0.15, 0.2) is 18.2 Å². The molecule has 0 aliphatic carbocycles. The van der Waals surface area contributed by atoms with Gasteiger partial charge in [-0.1, -0.05) is 11.6 Å². The molecule has 4 heteroatoms. The third-order valence-corrected chi connectivity index (χ3v) is 3.81. The molecule has 0 aromatic heterocycles. The average Bonchev–Trinajstić information content (AvgIpc) is 2.85. The van der Waals surface area contributed by atoms with Crippen molar-refractivity contribution < 1.29 is 0 Å². The summed E-state index contributed by atoms with van der Waals surface area (Å²) >= 11 is 6.01. The third-order valence-electron chi connectivity index (χ3n) is 3.57. The van der Waals surface area contributed by atoms with E-state index in [1.807, 2.05) is 18.2 Å². The second-order valence-corrected chi connectivity index (χ2v) is 5.46. The molecule has 0 bridgehead atoms. The lowest BCUT2D eigenvalue weighted by atomic mass is 10.2. The molecule has 1 heterocycles. The van der Waals surface area contributed by atoms with E-state index in [1.165, 1.54) is 38.9 Å². The Morgan fingerprint density at radius 2 is 2.06 bits per heavy atom. The molecule has 0 amide bonds. The van der Waals surface area contributed by atoms with Crippen LogP contribution in [0.1, 0.15) is 19.3 Å². The van der Waals surface area contributed by atoms with Crippen molar-refractivity contribution >= 4 is 23.0 Å². The van der Waals surface area contributed by atoms with Crippen LogP contribution in [0.25, 0.3) is 0 Å². The van der Waals surface area contributed by atoms with Gasteiger partial charge in [0.15, 0.2) is 0 Å². The molecule has 1 aliphatic heterocycles. The van der Waals surface area contributed by atoms with Crippen LogP contribution >= 0.6 is 11.6 Å². The van der Waals surface area contributed by atoms with Crippen LogP contribution in [0.4, 0.5) is 11.4 Å². The van der Waals surface area contributed by atoms with Gasteiger partial charge in [-0.15, -0.1) is 0 Å². The molecule has 0 spiro atoms. The lowest BCUT2D eigenvalue weighted by molar-refractivity contribution is 0.335. The van der Waals surface area contributed by atoms with Crippen LogP contribution in [-0.2, 0) is 0 Å². The first-order valence-electron chi connectivity index (χ1n) is 6.65. The van der Waals surface area contributed by atoms with Gasteiger partial charge >= 0.3 is 0 Å². The minimum atomic E-state index is 0.741. The van der Waals surface area contributed by atoms with Crippen molar-refractivity contribution in [2.24, 2.45) is 0 Å². The normalized spacial score (nSPS) is 16.1. The Bertz CT molecular complexity index is 389. The Balaban J connectivity index is 1.83. The summed E-state index contributed by atoms with van der Waals surface area (Å²) in [6.07, 6.45) is 3.89. The fourth-order valence-corrected chi connectivity index (χ4v) is 2.67. The Morgan fingerprint density at radius 3 is 2.78 bits per heavy atom. The summed E-state index contributed by atoms with van der Waals surface area (Å²) in [7, 11) is 2.08. The van der Waals surface area contributed by atoms with Crippen molar-refractivity contribution in [3.8, 4) is 0 Å². The first-order chi connectivity index (χ1) is 8.66. The van der Waals surface area contributed by atoms with Gasteiger partial charge in [-0.2, -0.15) is 0 Å². The van der Waals surface area contributed by atoms with Crippen molar-refractivity contribution in [1.82, 2.24) is 4.90 Å². The van der Waals surface area contributed by atoms with Crippen LogP contribution in [-0.4, -0.2) is 38.1 Å². The molecular weight excluding hydrogens is 246 g/mol. The monoisotopic (exact) mass is 267 g/mol. The maximum absolute atomic E-state index is 6.01. The highest BCUT2D eigenvalue weighted by molar-refractivity contribution is 6.31. The molecule has 1 aromatic carbocycles. The number of nitrogen functional groups attached to an aromatic ring is 1. The summed E-state index contributed by atoms with van der Waals surface area (Å²) in [4.78, 5) is 4.73. The first kappa shape index (κ1) is 13.5. The topological polar surface area (TPSA) is 32.5 Å². The molecule has 1 aromatic rings. The van der Waals surface area contributed by atoms with Gasteiger partial charge in [0.1, 0.15) is 0 Å². The standard InChI is InChI=1S/C14H22ClN3/c1-17(7-4-10-18-8-2-3-9-18)14-11-12(15)5-6-13(14)16/h5-6,11H,2-4,7-10,16H2,1H3. The average molecular weight is 268 g/mol. The van der Waals surface area contributed by atoms with Gasteiger partial charge in [0.05, 0.1) is 11.4 Å². The number of halogens is 1. The molecule has 1 fully saturated rings.